The minimum Gasteiger partial charge on any atom is -0.478 e. The summed E-state index contributed by atoms with van der Waals surface area (Å²) in [5.74, 6) is -1.13. The largest absolute Gasteiger partial charge is 0.478 e. The summed E-state index contributed by atoms with van der Waals surface area (Å²) in [6, 6.07) is 3.70. The molecule has 1 aromatic rings. The van der Waals surface area contributed by atoms with Crippen LogP contribution in [0.3, 0.4) is 0 Å². The fraction of sp³-hybridized carbons (Fsp3) is 0.462. The summed E-state index contributed by atoms with van der Waals surface area (Å²) >= 11 is 0. The summed E-state index contributed by atoms with van der Waals surface area (Å²) in [5.41, 5.74) is 5.66. The molecule has 1 saturated carbocycles. The van der Waals surface area contributed by atoms with Crippen LogP contribution in [0.5, 0.6) is 0 Å². The van der Waals surface area contributed by atoms with Crippen LogP contribution >= 0.6 is 0 Å². The van der Waals surface area contributed by atoms with Crippen LogP contribution in [-0.2, 0) is 10.0 Å². The van der Waals surface area contributed by atoms with E-state index in [0.29, 0.717) is 0 Å². The maximum atomic E-state index is 12.5. The fourth-order valence-corrected chi connectivity index (χ4v) is 4.05. The molecule has 6 nitrogen and oxygen atoms in total. The van der Waals surface area contributed by atoms with Crippen molar-refractivity contribution < 1.29 is 18.3 Å². The molecule has 1 aliphatic carbocycles. The molecule has 0 spiro atoms. The molecule has 0 unspecified atom stereocenters. The van der Waals surface area contributed by atoms with Gasteiger partial charge in [0.2, 0.25) is 10.0 Å². The molecule has 0 amide bonds. The number of benzene rings is 1. The van der Waals surface area contributed by atoms with Crippen LogP contribution in [0.1, 0.15) is 36.0 Å². The number of anilines is 1. The van der Waals surface area contributed by atoms with Gasteiger partial charge in [0.1, 0.15) is 4.90 Å². The van der Waals surface area contributed by atoms with E-state index >= 15 is 0 Å². The number of nitrogens with zero attached hydrogens (tertiary/aromatic N) is 1. The number of rotatable bonds is 4. The van der Waals surface area contributed by atoms with Crippen LogP contribution in [0.2, 0.25) is 0 Å². The molecule has 7 heteroatoms. The van der Waals surface area contributed by atoms with Crippen LogP contribution in [0.25, 0.3) is 0 Å². The molecular formula is C13H18N2O4S. The standard InChI is InChI=1S/C13H18N2O4S/c1-15(10-4-2-3-5-10)20(18,19)12-7-6-9(13(16)17)8-11(12)14/h6-8,10H,2-5,14H2,1H3,(H,16,17). The van der Waals surface area contributed by atoms with Gasteiger partial charge in [-0.25, -0.2) is 13.2 Å². The first-order valence-electron chi connectivity index (χ1n) is 6.45. The highest BCUT2D eigenvalue weighted by molar-refractivity contribution is 7.89. The molecule has 0 heterocycles. The van der Waals surface area contributed by atoms with E-state index in [-0.39, 0.29) is 22.2 Å². The molecule has 110 valence electrons. The summed E-state index contributed by atoms with van der Waals surface area (Å²) in [5, 5.41) is 8.87. The summed E-state index contributed by atoms with van der Waals surface area (Å²) in [6.45, 7) is 0. The Morgan fingerprint density at radius 1 is 1.35 bits per heavy atom. The van der Waals surface area contributed by atoms with Crippen LogP contribution in [-0.4, -0.2) is 36.9 Å². The van der Waals surface area contributed by atoms with E-state index in [0.717, 1.165) is 25.7 Å². The number of carbonyl (C=O) groups is 1. The molecule has 0 radical (unpaired) electrons. The predicted molar refractivity (Wildman–Crippen MR) is 75.0 cm³/mol. The van der Waals surface area contributed by atoms with Gasteiger partial charge in [0.05, 0.1) is 11.3 Å². The third-order valence-corrected chi connectivity index (χ3v) is 5.74. The molecule has 1 aromatic carbocycles. The average molecular weight is 298 g/mol. The maximum absolute atomic E-state index is 12.5. The normalized spacial score (nSPS) is 16.7. The summed E-state index contributed by atoms with van der Waals surface area (Å²) in [7, 11) is -2.13. The zero-order chi connectivity index (χ0) is 14.9. The molecule has 2 rings (SSSR count). The zero-order valence-electron chi connectivity index (χ0n) is 11.2. The van der Waals surface area contributed by atoms with Crippen LogP contribution in [0.15, 0.2) is 23.1 Å². The highest BCUT2D eigenvalue weighted by atomic mass is 32.2. The van der Waals surface area contributed by atoms with Crippen molar-refractivity contribution >= 4 is 21.7 Å². The van der Waals surface area contributed by atoms with E-state index in [1.807, 2.05) is 0 Å². The lowest BCUT2D eigenvalue weighted by molar-refractivity contribution is 0.0697. The number of carboxylic acid groups (broad SMARTS) is 1. The summed E-state index contributed by atoms with van der Waals surface area (Å²) in [6.07, 6.45) is 3.75. The average Bonchev–Trinajstić information content (AvgIpc) is 2.90. The van der Waals surface area contributed by atoms with E-state index < -0.39 is 16.0 Å². The highest BCUT2D eigenvalue weighted by Crippen LogP contribution is 2.29. The van der Waals surface area contributed by atoms with Gasteiger partial charge in [0, 0.05) is 13.1 Å². The van der Waals surface area contributed by atoms with E-state index in [2.05, 4.69) is 0 Å². The fourth-order valence-electron chi connectivity index (χ4n) is 2.54. The summed E-state index contributed by atoms with van der Waals surface area (Å²) < 4.78 is 26.4. The van der Waals surface area contributed by atoms with Crippen molar-refractivity contribution in [2.24, 2.45) is 0 Å². The van der Waals surface area contributed by atoms with E-state index in [1.54, 1.807) is 7.05 Å². The van der Waals surface area contributed by atoms with Crippen molar-refractivity contribution in [1.29, 1.82) is 0 Å². The Balaban J connectivity index is 2.36. The lowest BCUT2D eigenvalue weighted by Crippen LogP contribution is -2.35. The van der Waals surface area contributed by atoms with Crippen molar-refractivity contribution in [3.05, 3.63) is 23.8 Å². The molecule has 0 aromatic heterocycles. The Morgan fingerprint density at radius 3 is 2.45 bits per heavy atom. The number of hydrogen-bond acceptors (Lipinski definition) is 4. The molecule has 0 bridgehead atoms. The first-order valence-corrected chi connectivity index (χ1v) is 7.89. The molecule has 0 atom stereocenters. The predicted octanol–water partition coefficient (Wildman–Crippen LogP) is 1.53. The number of sulfonamides is 1. The van der Waals surface area contributed by atoms with Gasteiger partial charge in [-0.2, -0.15) is 4.31 Å². The lowest BCUT2D eigenvalue weighted by atomic mass is 10.2. The second kappa shape index (κ2) is 5.41. The van der Waals surface area contributed by atoms with Crippen LogP contribution in [0.4, 0.5) is 5.69 Å². The Hall–Kier alpha value is -1.60. The van der Waals surface area contributed by atoms with Crippen molar-refractivity contribution in [3.8, 4) is 0 Å². The topological polar surface area (TPSA) is 101 Å². The molecule has 3 N–H and O–H groups in total. The molecule has 1 fully saturated rings. The number of carboxylic acids is 1. The SMILES string of the molecule is CN(C1CCCC1)S(=O)(=O)c1ccc(C(=O)O)cc1N. The summed E-state index contributed by atoms with van der Waals surface area (Å²) in [4.78, 5) is 10.8. The van der Waals surface area contributed by atoms with Crippen molar-refractivity contribution in [1.82, 2.24) is 4.31 Å². The smallest absolute Gasteiger partial charge is 0.335 e. The van der Waals surface area contributed by atoms with Gasteiger partial charge in [-0.15, -0.1) is 0 Å². The lowest BCUT2D eigenvalue weighted by Gasteiger charge is -2.24. The monoisotopic (exact) mass is 298 g/mol. The van der Waals surface area contributed by atoms with Crippen LogP contribution in [0, 0.1) is 0 Å². The second-order valence-corrected chi connectivity index (χ2v) is 6.98. The number of nitrogens with two attached hydrogens (primary N) is 1. The molecule has 0 aliphatic heterocycles. The molecule has 20 heavy (non-hydrogen) atoms. The van der Waals surface area contributed by atoms with Crippen molar-refractivity contribution in [3.63, 3.8) is 0 Å². The van der Waals surface area contributed by atoms with E-state index in [4.69, 9.17) is 10.8 Å². The Morgan fingerprint density at radius 2 is 1.95 bits per heavy atom. The van der Waals surface area contributed by atoms with E-state index in [9.17, 15) is 13.2 Å². The third kappa shape index (κ3) is 2.64. The minimum atomic E-state index is -3.68. The second-order valence-electron chi connectivity index (χ2n) is 5.02. The van der Waals surface area contributed by atoms with Crippen molar-refractivity contribution in [2.75, 3.05) is 12.8 Å². The zero-order valence-corrected chi connectivity index (χ0v) is 12.1. The molecular weight excluding hydrogens is 280 g/mol. The van der Waals surface area contributed by atoms with Gasteiger partial charge >= 0.3 is 5.97 Å². The Bertz CT molecular complexity index is 621. The Labute approximate surface area is 118 Å². The van der Waals surface area contributed by atoms with Gasteiger partial charge in [-0.3, -0.25) is 0 Å². The first-order chi connectivity index (χ1) is 9.34. The first kappa shape index (κ1) is 14.8. The molecule has 0 saturated heterocycles. The number of nitrogen functional groups attached to an aromatic ring is 1. The van der Waals surface area contributed by atoms with Gasteiger partial charge in [-0.05, 0) is 31.0 Å². The van der Waals surface area contributed by atoms with E-state index in [1.165, 1.54) is 22.5 Å². The van der Waals surface area contributed by atoms with Crippen LogP contribution < -0.4 is 5.73 Å². The third-order valence-electron chi connectivity index (χ3n) is 3.75. The van der Waals surface area contributed by atoms with Gasteiger partial charge < -0.3 is 10.8 Å². The minimum absolute atomic E-state index is 0.00134. The number of hydrogen-bond donors (Lipinski definition) is 2. The molecule has 1 aliphatic rings. The van der Waals surface area contributed by atoms with Crippen molar-refractivity contribution in [2.45, 2.75) is 36.6 Å². The quantitative estimate of drug-likeness (QED) is 0.821. The van der Waals surface area contributed by atoms with Gasteiger partial charge in [-0.1, -0.05) is 12.8 Å². The Kier molecular flexibility index (Phi) is 4.01. The van der Waals surface area contributed by atoms with Gasteiger partial charge in [0.25, 0.3) is 0 Å². The maximum Gasteiger partial charge on any atom is 0.335 e. The number of aromatic carboxylic acids is 1. The highest BCUT2D eigenvalue weighted by Gasteiger charge is 2.31. The van der Waals surface area contributed by atoms with Gasteiger partial charge in [0.15, 0.2) is 0 Å².